The standard InChI is InChI=1S/C23H15BrFNO5/c24-16-4-7-20(19(11-16)22(27)28)26-23(29)30-12-18-10-15-9-14(3-8-21(15)31-18)13-1-5-17(25)6-2-13/h1-11H,12H2,(H,26,29)(H,27,28). The number of halogens is 2. The van der Waals surface area contributed by atoms with E-state index in [9.17, 15) is 19.1 Å². The number of nitrogens with one attached hydrogen (secondary N) is 1. The van der Waals surface area contributed by atoms with Gasteiger partial charge >= 0.3 is 12.1 Å². The van der Waals surface area contributed by atoms with Gasteiger partial charge in [-0.3, -0.25) is 5.32 Å². The predicted molar refractivity (Wildman–Crippen MR) is 117 cm³/mol. The zero-order chi connectivity index (χ0) is 22.0. The lowest BCUT2D eigenvalue weighted by atomic mass is 10.0. The molecule has 156 valence electrons. The molecule has 2 N–H and O–H groups in total. The topological polar surface area (TPSA) is 88.8 Å². The Morgan fingerprint density at radius 1 is 1.00 bits per heavy atom. The summed E-state index contributed by atoms with van der Waals surface area (Å²) in [6, 6.07) is 17.9. The van der Waals surface area contributed by atoms with E-state index < -0.39 is 12.1 Å². The fourth-order valence-corrected chi connectivity index (χ4v) is 3.44. The van der Waals surface area contributed by atoms with Crippen molar-refractivity contribution in [1.29, 1.82) is 0 Å². The van der Waals surface area contributed by atoms with E-state index in [0.717, 1.165) is 16.5 Å². The summed E-state index contributed by atoms with van der Waals surface area (Å²) in [4.78, 5) is 23.5. The van der Waals surface area contributed by atoms with E-state index in [2.05, 4.69) is 21.2 Å². The summed E-state index contributed by atoms with van der Waals surface area (Å²) >= 11 is 3.20. The van der Waals surface area contributed by atoms with Gasteiger partial charge in [0.25, 0.3) is 0 Å². The molecule has 0 aliphatic carbocycles. The van der Waals surface area contributed by atoms with Crippen LogP contribution in [0.5, 0.6) is 0 Å². The molecule has 0 spiro atoms. The van der Waals surface area contributed by atoms with Crippen molar-refractivity contribution in [3.63, 3.8) is 0 Å². The van der Waals surface area contributed by atoms with Gasteiger partial charge in [-0.2, -0.15) is 0 Å². The molecule has 3 aromatic carbocycles. The second kappa shape index (κ2) is 8.61. The molecule has 0 fully saturated rings. The molecule has 0 unspecified atom stereocenters. The summed E-state index contributed by atoms with van der Waals surface area (Å²) in [6.07, 6.45) is -0.808. The number of carbonyl (C=O) groups is 2. The van der Waals surface area contributed by atoms with Crippen LogP contribution >= 0.6 is 15.9 Å². The van der Waals surface area contributed by atoms with Gasteiger partial charge in [0.05, 0.1) is 11.3 Å². The molecule has 1 amide bonds. The Labute approximate surface area is 184 Å². The lowest BCUT2D eigenvalue weighted by molar-refractivity contribution is 0.0698. The average Bonchev–Trinajstić information content (AvgIpc) is 3.16. The number of amides is 1. The third-order valence-electron chi connectivity index (χ3n) is 4.54. The average molecular weight is 484 g/mol. The highest BCUT2D eigenvalue weighted by Crippen LogP contribution is 2.27. The van der Waals surface area contributed by atoms with Crippen LogP contribution in [0.4, 0.5) is 14.9 Å². The first kappa shape index (κ1) is 20.6. The minimum atomic E-state index is -1.18. The van der Waals surface area contributed by atoms with E-state index >= 15 is 0 Å². The fourth-order valence-electron chi connectivity index (χ4n) is 3.08. The molecule has 0 aliphatic rings. The van der Waals surface area contributed by atoms with Gasteiger partial charge in [0, 0.05) is 9.86 Å². The number of furan rings is 1. The van der Waals surface area contributed by atoms with E-state index in [-0.39, 0.29) is 23.7 Å². The van der Waals surface area contributed by atoms with Gasteiger partial charge in [0.15, 0.2) is 6.61 Å². The van der Waals surface area contributed by atoms with Crippen molar-refractivity contribution in [2.75, 3.05) is 5.32 Å². The molecule has 1 heterocycles. The molecule has 0 atom stereocenters. The van der Waals surface area contributed by atoms with Crippen LogP contribution in [0.15, 0.2) is 75.6 Å². The number of carboxylic acid groups (broad SMARTS) is 1. The number of hydrogen-bond acceptors (Lipinski definition) is 4. The van der Waals surface area contributed by atoms with Crippen molar-refractivity contribution in [2.45, 2.75) is 6.61 Å². The van der Waals surface area contributed by atoms with Crippen molar-refractivity contribution in [3.05, 3.63) is 88.3 Å². The summed E-state index contributed by atoms with van der Waals surface area (Å²) in [5.74, 6) is -1.05. The first-order valence-corrected chi connectivity index (χ1v) is 9.93. The summed E-state index contributed by atoms with van der Waals surface area (Å²) in [6.45, 7) is -0.134. The maximum absolute atomic E-state index is 13.1. The Kier molecular flexibility index (Phi) is 5.73. The lowest BCUT2D eigenvalue weighted by Crippen LogP contribution is -2.15. The summed E-state index contributed by atoms with van der Waals surface area (Å²) in [5, 5.41) is 12.5. The number of benzene rings is 3. The maximum atomic E-state index is 13.1. The smallest absolute Gasteiger partial charge is 0.412 e. The van der Waals surface area contributed by atoms with Crippen molar-refractivity contribution < 1.29 is 28.2 Å². The maximum Gasteiger partial charge on any atom is 0.412 e. The molecule has 0 saturated heterocycles. The number of rotatable bonds is 5. The van der Waals surface area contributed by atoms with Crippen molar-refractivity contribution >= 4 is 44.6 Å². The summed E-state index contributed by atoms with van der Waals surface area (Å²) < 4.78 is 24.6. The van der Waals surface area contributed by atoms with Crippen LogP contribution < -0.4 is 5.32 Å². The Morgan fingerprint density at radius 2 is 1.74 bits per heavy atom. The molecule has 0 bridgehead atoms. The van der Waals surface area contributed by atoms with Gasteiger partial charge in [-0.15, -0.1) is 0 Å². The van der Waals surface area contributed by atoms with Crippen LogP contribution in [0.25, 0.3) is 22.1 Å². The monoisotopic (exact) mass is 483 g/mol. The van der Waals surface area contributed by atoms with Crippen LogP contribution in [0.1, 0.15) is 16.1 Å². The minimum Gasteiger partial charge on any atom is -0.478 e. The molecule has 0 radical (unpaired) electrons. The molecule has 4 rings (SSSR count). The second-order valence-corrected chi connectivity index (χ2v) is 7.58. The van der Waals surface area contributed by atoms with Crippen LogP contribution in [0.3, 0.4) is 0 Å². The largest absolute Gasteiger partial charge is 0.478 e. The third-order valence-corrected chi connectivity index (χ3v) is 5.03. The van der Waals surface area contributed by atoms with E-state index in [0.29, 0.717) is 15.8 Å². The Morgan fingerprint density at radius 3 is 2.48 bits per heavy atom. The van der Waals surface area contributed by atoms with Crippen LogP contribution in [0.2, 0.25) is 0 Å². The van der Waals surface area contributed by atoms with E-state index in [4.69, 9.17) is 9.15 Å². The highest BCUT2D eigenvalue weighted by atomic mass is 79.9. The Bertz CT molecular complexity index is 1280. The number of anilines is 1. The Balaban J connectivity index is 1.45. The van der Waals surface area contributed by atoms with Crippen LogP contribution in [-0.4, -0.2) is 17.2 Å². The molecular weight excluding hydrogens is 469 g/mol. The molecule has 8 heteroatoms. The SMILES string of the molecule is O=C(Nc1ccc(Br)cc1C(=O)O)OCc1cc2cc(-c3ccc(F)cc3)ccc2o1. The normalized spacial score (nSPS) is 10.8. The summed E-state index contributed by atoms with van der Waals surface area (Å²) in [7, 11) is 0. The molecule has 0 aliphatic heterocycles. The first-order chi connectivity index (χ1) is 14.9. The zero-order valence-electron chi connectivity index (χ0n) is 15.9. The number of carbonyl (C=O) groups excluding carboxylic acids is 1. The highest BCUT2D eigenvalue weighted by Gasteiger charge is 2.15. The molecule has 1 aromatic heterocycles. The van der Waals surface area contributed by atoms with Crippen LogP contribution in [-0.2, 0) is 11.3 Å². The van der Waals surface area contributed by atoms with Crippen molar-refractivity contribution in [3.8, 4) is 11.1 Å². The molecular formula is C23H15BrFNO5. The minimum absolute atomic E-state index is 0.0663. The van der Waals surface area contributed by atoms with Gasteiger partial charge in [0.2, 0.25) is 0 Å². The number of aromatic carboxylic acids is 1. The van der Waals surface area contributed by atoms with E-state index in [1.54, 1.807) is 30.3 Å². The lowest BCUT2D eigenvalue weighted by Gasteiger charge is -2.09. The van der Waals surface area contributed by atoms with Crippen LogP contribution in [0, 0.1) is 5.82 Å². The first-order valence-electron chi connectivity index (χ1n) is 9.14. The zero-order valence-corrected chi connectivity index (χ0v) is 17.5. The van der Waals surface area contributed by atoms with Gasteiger partial charge in [-0.05, 0) is 59.7 Å². The number of carboxylic acids is 1. The molecule has 31 heavy (non-hydrogen) atoms. The fraction of sp³-hybridized carbons (Fsp3) is 0.0435. The van der Waals surface area contributed by atoms with Gasteiger partial charge in [-0.1, -0.05) is 34.1 Å². The second-order valence-electron chi connectivity index (χ2n) is 6.67. The number of ether oxygens (including phenoxy) is 1. The molecule has 0 saturated carbocycles. The highest BCUT2D eigenvalue weighted by molar-refractivity contribution is 9.10. The Hall–Kier alpha value is -3.65. The third kappa shape index (κ3) is 4.75. The molecule has 4 aromatic rings. The van der Waals surface area contributed by atoms with Crippen molar-refractivity contribution in [2.24, 2.45) is 0 Å². The molecule has 6 nitrogen and oxygen atoms in total. The number of hydrogen-bond donors (Lipinski definition) is 2. The quantitative estimate of drug-likeness (QED) is 0.340. The summed E-state index contributed by atoms with van der Waals surface area (Å²) in [5.41, 5.74) is 2.43. The number of fused-ring (bicyclic) bond motifs is 1. The van der Waals surface area contributed by atoms with Gasteiger partial charge in [0.1, 0.15) is 17.2 Å². The predicted octanol–water partition coefficient (Wildman–Crippen LogP) is 6.45. The van der Waals surface area contributed by atoms with E-state index in [1.165, 1.54) is 24.3 Å². The van der Waals surface area contributed by atoms with Gasteiger partial charge < -0.3 is 14.3 Å². The van der Waals surface area contributed by atoms with Crippen molar-refractivity contribution in [1.82, 2.24) is 0 Å². The van der Waals surface area contributed by atoms with E-state index in [1.807, 2.05) is 12.1 Å². The van der Waals surface area contributed by atoms with Gasteiger partial charge in [-0.25, -0.2) is 14.0 Å².